The van der Waals surface area contributed by atoms with Gasteiger partial charge in [-0.25, -0.2) is 14.2 Å². The fourth-order valence-electron chi connectivity index (χ4n) is 5.13. The van der Waals surface area contributed by atoms with Gasteiger partial charge in [0.25, 0.3) is 5.91 Å². The highest BCUT2D eigenvalue weighted by Gasteiger charge is 2.40. The van der Waals surface area contributed by atoms with Crippen LogP contribution in [0.2, 0.25) is 0 Å². The number of morpholine rings is 1. The lowest BCUT2D eigenvalue weighted by atomic mass is 10.0. The Labute approximate surface area is 219 Å². The number of nitrogens with zero attached hydrogens (tertiary/aromatic N) is 4. The molecule has 2 N–H and O–H groups in total. The Balaban J connectivity index is 1.59. The predicted molar refractivity (Wildman–Crippen MR) is 136 cm³/mol. The van der Waals surface area contributed by atoms with Crippen LogP contribution in [0.5, 0.6) is 5.88 Å². The molecule has 2 aromatic rings. The SMILES string of the molecule is CCN1CC(C)(C)Oc2nc(N3CC4CCC(C3)O4)nc(-c3ccc(NC(=O)OCCO)cc3F)c2C1=O. The summed E-state index contributed by atoms with van der Waals surface area (Å²) >= 11 is 0. The zero-order valence-corrected chi connectivity index (χ0v) is 21.7. The van der Waals surface area contributed by atoms with E-state index in [2.05, 4.69) is 10.3 Å². The van der Waals surface area contributed by atoms with Crippen LogP contribution in [0.25, 0.3) is 11.3 Å². The van der Waals surface area contributed by atoms with Crippen LogP contribution in [-0.2, 0) is 9.47 Å². The van der Waals surface area contributed by atoms with Crippen LogP contribution >= 0.6 is 0 Å². The van der Waals surface area contributed by atoms with Gasteiger partial charge in [-0.2, -0.15) is 4.98 Å². The molecule has 2 amide bonds. The Morgan fingerprint density at radius 3 is 2.66 bits per heavy atom. The van der Waals surface area contributed by atoms with E-state index in [9.17, 15) is 9.59 Å². The molecule has 0 radical (unpaired) electrons. The number of hydrogen-bond donors (Lipinski definition) is 2. The summed E-state index contributed by atoms with van der Waals surface area (Å²) in [6.45, 7) is 7.07. The van der Waals surface area contributed by atoms with Gasteiger partial charge in [0.2, 0.25) is 11.8 Å². The van der Waals surface area contributed by atoms with Gasteiger partial charge in [-0.3, -0.25) is 10.1 Å². The Kier molecular flexibility index (Phi) is 7.10. The van der Waals surface area contributed by atoms with Gasteiger partial charge in [-0.15, -0.1) is 0 Å². The second-order valence-electron chi connectivity index (χ2n) is 10.3. The minimum atomic E-state index is -0.823. The number of aliphatic hydroxyl groups is 1. The van der Waals surface area contributed by atoms with Crippen molar-refractivity contribution >= 4 is 23.6 Å². The smallest absolute Gasteiger partial charge is 0.411 e. The summed E-state index contributed by atoms with van der Waals surface area (Å²) in [5.74, 6) is -0.574. The molecule has 0 aliphatic carbocycles. The van der Waals surface area contributed by atoms with Crippen molar-refractivity contribution in [2.24, 2.45) is 0 Å². The van der Waals surface area contributed by atoms with E-state index < -0.39 is 17.5 Å². The summed E-state index contributed by atoms with van der Waals surface area (Å²) in [5, 5.41) is 11.2. The highest BCUT2D eigenvalue weighted by atomic mass is 19.1. The molecule has 12 heteroatoms. The van der Waals surface area contributed by atoms with Gasteiger partial charge < -0.3 is 29.1 Å². The maximum Gasteiger partial charge on any atom is 0.411 e. The number of halogens is 1. The quantitative estimate of drug-likeness (QED) is 0.581. The average Bonchev–Trinajstić information content (AvgIpc) is 3.17. The van der Waals surface area contributed by atoms with Gasteiger partial charge in [0.15, 0.2) is 0 Å². The number of fused-ring (bicyclic) bond motifs is 3. The summed E-state index contributed by atoms with van der Waals surface area (Å²) in [7, 11) is 0. The molecule has 1 aromatic carbocycles. The molecule has 2 saturated heterocycles. The summed E-state index contributed by atoms with van der Waals surface area (Å²) in [6.07, 6.45) is 1.23. The van der Waals surface area contributed by atoms with E-state index in [0.29, 0.717) is 32.1 Å². The van der Waals surface area contributed by atoms with Crippen LogP contribution in [0, 0.1) is 5.82 Å². The van der Waals surface area contributed by atoms with Crippen LogP contribution < -0.4 is 15.0 Å². The number of hydrogen-bond acceptors (Lipinski definition) is 9. The van der Waals surface area contributed by atoms with Gasteiger partial charge >= 0.3 is 6.09 Å². The fourth-order valence-corrected chi connectivity index (χ4v) is 5.13. The monoisotopic (exact) mass is 529 g/mol. The van der Waals surface area contributed by atoms with E-state index in [1.165, 1.54) is 12.1 Å². The molecule has 2 atom stereocenters. The van der Waals surface area contributed by atoms with Gasteiger partial charge in [0.05, 0.1) is 31.1 Å². The first-order chi connectivity index (χ1) is 18.2. The number of carbonyl (C=O) groups is 2. The number of aliphatic hydroxyl groups excluding tert-OH is 1. The van der Waals surface area contributed by atoms with E-state index >= 15 is 4.39 Å². The largest absolute Gasteiger partial charge is 0.469 e. The molecule has 2 unspecified atom stereocenters. The minimum absolute atomic E-state index is 0.0712. The number of amides is 2. The lowest BCUT2D eigenvalue weighted by Gasteiger charge is -2.33. The second kappa shape index (κ2) is 10.3. The molecule has 0 spiro atoms. The number of carbonyl (C=O) groups excluding carboxylic acids is 2. The van der Waals surface area contributed by atoms with E-state index in [-0.39, 0.29) is 59.7 Å². The van der Waals surface area contributed by atoms with Gasteiger partial charge in [0.1, 0.15) is 23.6 Å². The van der Waals surface area contributed by atoms with Crippen LogP contribution in [0.15, 0.2) is 18.2 Å². The zero-order chi connectivity index (χ0) is 27.0. The first-order valence-corrected chi connectivity index (χ1v) is 12.8. The van der Waals surface area contributed by atoms with Crippen molar-refractivity contribution in [3.05, 3.63) is 29.6 Å². The molecule has 3 aliphatic heterocycles. The van der Waals surface area contributed by atoms with Crippen molar-refractivity contribution in [1.29, 1.82) is 0 Å². The third-order valence-corrected chi connectivity index (χ3v) is 6.81. The molecule has 0 saturated carbocycles. The first-order valence-electron chi connectivity index (χ1n) is 12.8. The Morgan fingerprint density at radius 1 is 1.26 bits per heavy atom. The number of likely N-dealkylation sites (N-methyl/N-ethyl adjacent to an activating group) is 1. The molecule has 38 heavy (non-hydrogen) atoms. The van der Waals surface area contributed by atoms with Crippen LogP contribution in [0.3, 0.4) is 0 Å². The van der Waals surface area contributed by atoms with E-state index in [1.807, 2.05) is 25.7 Å². The molecule has 4 heterocycles. The minimum Gasteiger partial charge on any atom is -0.469 e. The van der Waals surface area contributed by atoms with Crippen molar-refractivity contribution < 1.29 is 33.3 Å². The Morgan fingerprint density at radius 2 is 2.00 bits per heavy atom. The van der Waals surface area contributed by atoms with Crippen molar-refractivity contribution in [3.8, 4) is 17.1 Å². The molecular formula is C26H32FN5O6. The van der Waals surface area contributed by atoms with Crippen molar-refractivity contribution in [3.63, 3.8) is 0 Å². The summed E-state index contributed by atoms with van der Waals surface area (Å²) in [6, 6.07) is 4.07. The molecule has 204 valence electrons. The lowest BCUT2D eigenvalue weighted by molar-refractivity contribution is 0.0297. The number of aromatic nitrogens is 2. The summed E-state index contributed by atoms with van der Waals surface area (Å²) in [5.41, 5.74) is -0.289. The molecule has 3 aliphatic rings. The molecule has 2 fully saturated rings. The van der Waals surface area contributed by atoms with Crippen molar-refractivity contribution in [1.82, 2.24) is 14.9 Å². The molecule has 2 bridgehead atoms. The van der Waals surface area contributed by atoms with Gasteiger partial charge in [-0.1, -0.05) is 0 Å². The zero-order valence-electron chi connectivity index (χ0n) is 21.7. The van der Waals surface area contributed by atoms with Crippen LogP contribution in [-0.4, -0.2) is 89.2 Å². The number of rotatable bonds is 6. The van der Waals surface area contributed by atoms with E-state index in [0.717, 1.165) is 18.9 Å². The topological polar surface area (TPSA) is 126 Å². The third-order valence-electron chi connectivity index (χ3n) is 6.81. The van der Waals surface area contributed by atoms with Crippen molar-refractivity contribution in [2.75, 3.05) is 49.6 Å². The maximum absolute atomic E-state index is 15.6. The van der Waals surface area contributed by atoms with E-state index in [1.54, 1.807) is 4.90 Å². The predicted octanol–water partition coefficient (Wildman–Crippen LogP) is 2.82. The van der Waals surface area contributed by atoms with Crippen LogP contribution in [0.4, 0.5) is 20.8 Å². The standard InChI is InChI=1S/C26H32FN5O6/c1-4-31-14-26(2,3)38-22-20(23(31)34)21(29-24(30-22)32-12-16-6-7-17(13-32)37-16)18-8-5-15(11-19(18)27)28-25(35)36-10-9-33/h5,8,11,16-17,33H,4,6-7,9-10,12-14H2,1-3H3,(H,28,35). The number of anilines is 2. The Bertz CT molecular complexity index is 1230. The molecule has 11 nitrogen and oxygen atoms in total. The first kappa shape index (κ1) is 26.1. The van der Waals surface area contributed by atoms with E-state index in [4.69, 9.17) is 24.3 Å². The molecular weight excluding hydrogens is 497 g/mol. The average molecular weight is 530 g/mol. The molecule has 5 rings (SSSR count). The molecule has 1 aromatic heterocycles. The second-order valence-corrected chi connectivity index (χ2v) is 10.3. The highest BCUT2D eigenvalue weighted by molar-refractivity contribution is 6.03. The lowest BCUT2D eigenvalue weighted by Crippen LogP contribution is -2.43. The Hall–Kier alpha value is -3.51. The fraction of sp³-hybridized carbons (Fsp3) is 0.538. The number of nitrogens with one attached hydrogen (secondary N) is 1. The van der Waals surface area contributed by atoms with Gasteiger partial charge in [0, 0.05) is 30.9 Å². The van der Waals surface area contributed by atoms with Gasteiger partial charge in [-0.05, 0) is 51.8 Å². The third kappa shape index (κ3) is 5.23. The van der Waals surface area contributed by atoms with Crippen molar-refractivity contribution in [2.45, 2.75) is 51.4 Å². The summed E-state index contributed by atoms with van der Waals surface area (Å²) < 4.78 is 32.6. The van der Waals surface area contributed by atoms with Crippen LogP contribution in [0.1, 0.15) is 44.0 Å². The maximum atomic E-state index is 15.6. The highest BCUT2D eigenvalue weighted by Crippen LogP contribution is 2.38. The number of ether oxygens (including phenoxy) is 3. The normalized spacial score (nSPS) is 22.0. The number of benzene rings is 1. The summed E-state index contributed by atoms with van der Waals surface area (Å²) in [4.78, 5) is 38.6.